The second kappa shape index (κ2) is 8.67. The van der Waals surface area contributed by atoms with Crippen LogP contribution in [0.3, 0.4) is 0 Å². The first-order chi connectivity index (χ1) is 12.3. The first-order valence-corrected chi connectivity index (χ1v) is 8.85. The number of ether oxygens (including phenoxy) is 1. The van der Waals surface area contributed by atoms with Crippen molar-refractivity contribution >= 4 is 5.91 Å². The van der Waals surface area contributed by atoms with E-state index in [1.54, 1.807) is 12.5 Å². The smallest absolute Gasteiger partial charge is 0.223 e. The monoisotopic (exact) mass is 343 g/mol. The molecule has 1 aliphatic heterocycles. The SMILES string of the molecule is CCOc1ncccc1CNC(=O)C1CCN(Cc2ccco2)CC1. The largest absolute Gasteiger partial charge is 0.478 e. The fourth-order valence-corrected chi connectivity index (χ4v) is 3.13. The van der Waals surface area contributed by atoms with E-state index < -0.39 is 0 Å². The normalized spacial score (nSPS) is 15.9. The second-order valence-corrected chi connectivity index (χ2v) is 6.25. The molecule has 1 amide bonds. The highest BCUT2D eigenvalue weighted by Gasteiger charge is 2.25. The van der Waals surface area contributed by atoms with Gasteiger partial charge in [0.15, 0.2) is 0 Å². The minimum absolute atomic E-state index is 0.0695. The Morgan fingerprint density at radius 2 is 2.20 bits per heavy atom. The Labute approximate surface area is 148 Å². The van der Waals surface area contributed by atoms with Crippen molar-refractivity contribution in [3.05, 3.63) is 48.0 Å². The molecule has 0 radical (unpaired) electrons. The molecular weight excluding hydrogens is 318 g/mol. The van der Waals surface area contributed by atoms with E-state index in [-0.39, 0.29) is 11.8 Å². The molecule has 2 aromatic rings. The van der Waals surface area contributed by atoms with Crippen molar-refractivity contribution in [1.29, 1.82) is 0 Å². The van der Waals surface area contributed by atoms with E-state index in [9.17, 15) is 4.79 Å². The predicted octanol–water partition coefficient (Wildman–Crippen LogP) is 2.60. The van der Waals surface area contributed by atoms with Crippen molar-refractivity contribution in [3.63, 3.8) is 0 Å². The van der Waals surface area contributed by atoms with E-state index >= 15 is 0 Å². The molecular formula is C19H25N3O3. The molecule has 0 bridgehead atoms. The van der Waals surface area contributed by atoms with Gasteiger partial charge in [0.2, 0.25) is 11.8 Å². The summed E-state index contributed by atoms with van der Waals surface area (Å²) in [6.45, 7) is 5.58. The number of hydrogen-bond acceptors (Lipinski definition) is 5. The van der Waals surface area contributed by atoms with Gasteiger partial charge in [0.1, 0.15) is 5.76 Å². The fraction of sp³-hybridized carbons (Fsp3) is 0.474. The molecule has 0 spiro atoms. The molecule has 0 atom stereocenters. The van der Waals surface area contributed by atoms with Gasteiger partial charge in [0.25, 0.3) is 0 Å². The summed E-state index contributed by atoms with van der Waals surface area (Å²) in [5, 5.41) is 3.03. The van der Waals surface area contributed by atoms with Crippen LogP contribution in [0.2, 0.25) is 0 Å². The second-order valence-electron chi connectivity index (χ2n) is 6.25. The van der Waals surface area contributed by atoms with Gasteiger partial charge in [0, 0.05) is 24.2 Å². The summed E-state index contributed by atoms with van der Waals surface area (Å²) in [5.41, 5.74) is 0.910. The summed E-state index contributed by atoms with van der Waals surface area (Å²) in [6.07, 6.45) is 5.14. The molecule has 1 aliphatic rings. The highest BCUT2D eigenvalue weighted by Crippen LogP contribution is 2.20. The summed E-state index contributed by atoms with van der Waals surface area (Å²) in [6, 6.07) is 7.69. The van der Waals surface area contributed by atoms with E-state index in [1.165, 1.54) is 0 Å². The van der Waals surface area contributed by atoms with Gasteiger partial charge in [-0.05, 0) is 51.1 Å². The first kappa shape index (κ1) is 17.5. The lowest BCUT2D eigenvalue weighted by molar-refractivity contribution is -0.126. The van der Waals surface area contributed by atoms with Crippen molar-refractivity contribution in [3.8, 4) is 5.88 Å². The Balaban J connectivity index is 1.45. The number of furan rings is 1. The third-order valence-electron chi connectivity index (χ3n) is 4.50. The number of nitrogens with one attached hydrogen (secondary N) is 1. The lowest BCUT2D eigenvalue weighted by atomic mass is 9.95. The van der Waals surface area contributed by atoms with Crippen LogP contribution in [-0.2, 0) is 17.9 Å². The number of amides is 1. The first-order valence-electron chi connectivity index (χ1n) is 8.85. The van der Waals surface area contributed by atoms with Gasteiger partial charge in [-0.15, -0.1) is 0 Å². The van der Waals surface area contributed by atoms with Crippen LogP contribution in [0.1, 0.15) is 31.1 Å². The summed E-state index contributed by atoms with van der Waals surface area (Å²) in [7, 11) is 0. The van der Waals surface area contributed by atoms with Gasteiger partial charge in [-0.2, -0.15) is 0 Å². The molecule has 0 aliphatic carbocycles. The van der Waals surface area contributed by atoms with Crippen LogP contribution in [0, 0.1) is 5.92 Å². The number of piperidine rings is 1. The van der Waals surface area contributed by atoms with Crippen molar-refractivity contribution in [1.82, 2.24) is 15.2 Å². The van der Waals surface area contributed by atoms with E-state index in [0.717, 1.165) is 43.8 Å². The molecule has 1 saturated heterocycles. The summed E-state index contributed by atoms with van der Waals surface area (Å²) in [4.78, 5) is 19.0. The van der Waals surface area contributed by atoms with Crippen LogP contribution in [-0.4, -0.2) is 35.5 Å². The molecule has 6 nitrogen and oxygen atoms in total. The maximum absolute atomic E-state index is 12.5. The Bertz CT molecular complexity index is 664. The number of likely N-dealkylation sites (tertiary alicyclic amines) is 1. The molecule has 3 rings (SSSR count). The molecule has 1 N–H and O–H groups in total. The summed E-state index contributed by atoms with van der Waals surface area (Å²) in [5.74, 6) is 1.76. The highest BCUT2D eigenvalue weighted by molar-refractivity contribution is 5.78. The van der Waals surface area contributed by atoms with Gasteiger partial charge in [-0.3, -0.25) is 9.69 Å². The van der Waals surface area contributed by atoms with Crippen molar-refractivity contribution in [2.24, 2.45) is 5.92 Å². The third kappa shape index (κ3) is 4.82. The quantitative estimate of drug-likeness (QED) is 0.837. The predicted molar refractivity (Wildman–Crippen MR) is 94.0 cm³/mol. The van der Waals surface area contributed by atoms with Gasteiger partial charge < -0.3 is 14.5 Å². The number of pyridine rings is 1. The van der Waals surface area contributed by atoms with Crippen molar-refractivity contribution in [2.45, 2.75) is 32.9 Å². The average Bonchev–Trinajstić information content (AvgIpc) is 3.15. The molecule has 0 aromatic carbocycles. The topological polar surface area (TPSA) is 67.6 Å². The average molecular weight is 343 g/mol. The number of rotatable bonds is 7. The summed E-state index contributed by atoms with van der Waals surface area (Å²) >= 11 is 0. The molecule has 3 heterocycles. The Morgan fingerprint density at radius 1 is 1.36 bits per heavy atom. The Morgan fingerprint density at radius 3 is 2.92 bits per heavy atom. The Kier molecular flexibility index (Phi) is 6.06. The van der Waals surface area contributed by atoms with Gasteiger partial charge in [-0.25, -0.2) is 4.98 Å². The van der Waals surface area contributed by atoms with Crippen LogP contribution in [0.15, 0.2) is 41.1 Å². The number of nitrogens with zero attached hydrogens (tertiary/aromatic N) is 2. The summed E-state index contributed by atoms with van der Waals surface area (Å²) < 4.78 is 10.9. The lowest BCUT2D eigenvalue weighted by Crippen LogP contribution is -2.40. The molecule has 1 fully saturated rings. The molecule has 2 aromatic heterocycles. The Hall–Kier alpha value is -2.34. The zero-order valence-corrected chi connectivity index (χ0v) is 14.6. The minimum Gasteiger partial charge on any atom is -0.478 e. The van der Waals surface area contributed by atoms with Crippen LogP contribution in [0.5, 0.6) is 5.88 Å². The van der Waals surface area contributed by atoms with E-state index in [4.69, 9.17) is 9.15 Å². The third-order valence-corrected chi connectivity index (χ3v) is 4.50. The van der Waals surface area contributed by atoms with Crippen molar-refractivity contribution < 1.29 is 13.9 Å². The number of hydrogen-bond donors (Lipinski definition) is 1. The molecule has 134 valence electrons. The molecule has 0 unspecified atom stereocenters. The fourth-order valence-electron chi connectivity index (χ4n) is 3.13. The van der Waals surface area contributed by atoms with Gasteiger partial charge in [-0.1, -0.05) is 6.07 Å². The minimum atomic E-state index is 0.0695. The maximum Gasteiger partial charge on any atom is 0.223 e. The van der Waals surface area contributed by atoms with Crippen LogP contribution >= 0.6 is 0 Å². The van der Waals surface area contributed by atoms with E-state index in [0.29, 0.717) is 19.0 Å². The molecule has 0 saturated carbocycles. The van der Waals surface area contributed by atoms with Crippen LogP contribution in [0.4, 0.5) is 0 Å². The van der Waals surface area contributed by atoms with Gasteiger partial charge in [0.05, 0.1) is 19.4 Å². The number of aromatic nitrogens is 1. The van der Waals surface area contributed by atoms with E-state index in [2.05, 4.69) is 15.2 Å². The van der Waals surface area contributed by atoms with Crippen LogP contribution < -0.4 is 10.1 Å². The van der Waals surface area contributed by atoms with Gasteiger partial charge >= 0.3 is 0 Å². The zero-order chi connectivity index (χ0) is 17.5. The van der Waals surface area contributed by atoms with Crippen molar-refractivity contribution in [2.75, 3.05) is 19.7 Å². The van der Waals surface area contributed by atoms with E-state index in [1.807, 2.05) is 31.2 Å². The zero-order valence-electron chi connectivity index (χ0n) is 14.6. The maximum atomic E-state index is 12.5. The van der Waals surface area contributed by atoms with Crippen LogP contribution in [0.25, 0.3) is 0 Å². The number of carbonyl (C=O) groups is 1. The number of carbonyl (C=O) groups excluding carboxylic acids is 1. The molecule has 6 heteroatoms. The highest BCUT2D eigenvalue weighted by atomic mass is 16.5. The molecule has 25 heavy (non-hydrogen) atoms. The lowest BCUT2D eigenvalue weighted by Gasteiger charge is -2.30. The standard InChI is InChI=1S/C19H25N3O3/c1-2-24-19-16(5-3-9-20-19)13-21-18(23)15-7-10-22(11-8-15)14-17-6-4-12-25-17/h3-6,9,12,15H,2,7-8,10-11,13-14H2,1H3,(H,21,23).